The van der Waals surface area contributed by atoms with Crippen molar-refractivity contribution in [3.8, 4) is 5.75 Å². The Labute approximate surface area is 147 Å². The molecule has 6 heteroatoms. The second kappa shape index (κ2) is 9.66. The van der Waals surface area contributed by atoms with E-state index in [-0.39, 0.29) is 19.2 Å². The molecule has 0 saturated heterocycles. The molecule has 0 saturated carbocycles. The normalized spacial score (nSPS) is 12.9. The lowest BCUT2D eigenvalue weighted by Crippen LogP contribution is -2.47. The lowest BCUT2D eigenvalue weighted by molar-refractivity contribution is -0.0326. The van der Waals surface area contributed by atoms with E-state index in [1.165, 1.54) is 7.11 Å². The summed E-state index contributed by atoms with van der Waals surface area (Å²) in [5.74, 6) is 0.753. The molecule has 3 N–H and O–H groups in total. The Hall–Kier alpha value is -2.57. The molecule has 0 aliphatic rings. The van der Waals surface area contributed by atoms with Crippen molar-refractivity contribution in [1.29, 1.82) is 0 Å². The highest BCUT2D eigenvalue weighted by molar-refractivity contribution is 5.73. The Bertz CT molecular complexity index is 636. The number of ether oxygens (including phenoxy) is 2. The van der Waals surface area contributed by atoms with Crippen LogP contribution in [0.4, 0.5) is 4.79 Å². The van der Waals surface area contributed by atoms with Crippen LogP contribution in [0.25, 0.3) is 0 Å². The molecule has 134 valence electrons. The zero-order chi connectivity index (χ0) is 18.0. The van der Waals surface area contributed by atoms with Crippen molar-refractivity contribution < 1.29 is 19.4 Å². The number of methoxy groups -OCH3 is 1. The van der Waals surface area contributed by atoms with Crippen LogP contribution in [0, 0.1) is 0 Å². The molecule has 2 amide bonds. The number of carbonyl (C=O) groups is 1. The van der Waals surface area contributed by atoms with Crippen molar-refractivity contribution in [1.82, 2.24) is 10.6 Å². The molecular formula is C19H24N2O4. The van der Waals surface area contributed by atoms with Crippen molar-refractivity contribution in [3.63, 3.8) is 0 Å². The zero-order valence-electron chi connectivity index (χ0n) is 14.3. The van der Waals surface area contributed by atoms with Crippen LogP contribution < -0.4 is 15.4 Å². The molecule has 2 aromatic rings. The second-order valence-electron chi connectivity index (χ2n) is 5.60. The SMILES string of the molecule is COC[C@](O)(CNC(=O)NCCOc1ccccc1)c1ccccc1. The number of aliphatic hydroxyl groups is 1. The van der Waals surface area contributed by atoms with Crippen molar-refractivity contribution in [2.24, 2.45) is 0 Å². The first kappa shape index (κ1) is 18.8. The fraction of sp³-hybridized carbons (Fsp3) is 0.316. The van der Waals surface area contributed by atoms with Crippen molar-refractivity contribution in [2.45, 2.75) is 5.60 Å². The van der Waals surface area contributed by atoms with Gasteiger partial charge in [-0.15, -0.1) is 0 Å². The number of benzene rings is 2. The van der Waals surface area contributed by atoms with Crippen LogP contribution in [0.15, 0.2) is 60.7 Å². The fourth-order valence-electron chi connectivity index (χ4n) is 2.36. The molecule has 6 nitrogen and oxygen atoms in total. The molecule has 0 aliphatic carbocycles. The smallest absolute Gasteiger partial charge is 0.315 e. The van der Waals surface area contributed by atoms with E-state index in [9.17, 15) is 9.90 Å². The Morgan fingerprint density at radius 1 is 1.04 bits per heavy atom. The Morgan fingerprint density at radius 3 is 2.32 bits per heavy atom. The lowest BCUT2D eigenvalue weighted by Gasteiger charge is -2.28. The topological polar surface area (TPSA) is 79.8 Å². The summed E-state index contributed by atoms with van der Waals surface area (Å²) in [6.45, 7) is 0.831. The summed E-state index contributed by atoms with van der Waals surface area (Å²) in [4.78, 5) is 11.9. The standard InChI is InChI=1S/C19H24N2O4/c1-24-15-19(23,16-8-4-2-5-9-16)14-21-18(22)20-12-13-25-17-10-6-3-7-11-17/h2-11,23H,12-15H2,1H3,(H2,20,21,22)/t19-/m1/s1. The van der Waals surface area contributed by atoms with Gasteiger partial charge < -0.3 is 25.2 Å². The van der Waals surface area contributed by atoms with Crippen LogP contribution in [0.1, 0.15) is 5.56 Å². The van der Waals surface area contributed by atoms with E-state index < -0.39 is 5.60 Å². The summed E-state index contributed by atoms with van der Waals surface area (Å²) in [6, 6.07) is 18.1. The molecule has 0 heterocycles. The van der Waals surface area contributed by atoms with Gasteiger partial charge in [0, 0.05) is 7.11 Å². The van der Waals surface area contributed by atoms with Gasteiger partial charge in [-0.2, -0.15) is 0 Å². The first-order valence-electron chi connectivity index (χ1n) is 8.10. The third kappa shape index (κ3) is 6.10. The van der Waals surface area contributed by atoms with E-state index in [0.717, 1.165) is 5.75 Å². The Balaban J connectivity index is 1.75. The number of hydrogen-bond donors (Lipinski definition) is 3. The maximum atomic E-state index is 11.9. The van der Waals surface area contributed by atoms with Gasteiger partial charge in [-0.3, -0.25) is 0 Å². The van der Waals surface area contributed by atoms with Gasteiger partial charge in [0.15, 0.2) is 0 Å². The number of para-hydroxylation sites is 1. The van der Waals surface area contributed by atoms with Gasteiger partial charge in [-0.25, -0.2) is 4.79 Å². The molecule has 0 spiro atoms. The van der Waals surface area contributed by atoms with E-state index in [1.807, 2.05) is 48.5 Å². The number of nitrogens with one attached hydrogen (secondary N) is 2. The summed E-state index contributed by atoms with van der Waals surface area (Å²) in [7, 11) is 1.51. The third-order valence-corrected chi connectivity index (χ3v) is 3.64. The highest BCUT2D eigenvalue weighted by Crippen LogP contribution is 2.20. The number of rotatable bonds is 9. The summed E-state index contributed by atoms with van der Waals surface area (Å²) < 4.78 is 10.6. The minimum absolute atomic E-state index is 0.0379. The van der Waals surface area contributed by atoms with Crippen LogP contribution in [0.2, 0.25) is 0 Å². The van der Waals surface area contributed by atoms with Gasteiger partial charge in [0.25, 0.3) is 0 Å². The van der Waals surface area contributed by atoms with Crippen LogP contribution in [-0.2, 0) is 10.3 Å². The average Bonchev–Trinajstić information content (AvgIpc) is 2.65. The number of hydrogen-bond acceptors (Lipinski definition) is 4. The molecule has 0 unspecified atom stereocenters. The highest BCUT2D eigenvalue weighted by atomic mass is 16.5. The number of urea groups is 1. The van der Waals surface area contributed by atoms with Gasteiger partial charge in [0.2, 0.25) is 0 Å². The number of carbonyl (C=O) groups excluding carboxylic acids is 1. The third-order valence-electron chi connectivity index (χ3n) is 3.64. The number of amides is 2. The molecule has 0 aliphatic heterocycles. The highest BCUT2D eigenvalue weighted by Gasteiger charge is 2.29. The van der Waals surface area contributed by atoms with Crippen molar-refractivity contribution in [2.75, 3.05) is 33.4 Å². The van der Waals surface area contributed by atoms with Crippen LogP contribution in [-0.4, -0.2) is 44.6 Å². The summed E-state index contributed by atoms with van der Waals surface area (Å²) in [5, 5.41) is 16.1. The van der Waals surface area contributed by atoms with Crippen molar-refractivity contribution in [3.05, 3.63) is 66.2 Å². The van der Waals surface area contributed by atoms with Gasteiger partial charge >= 0.3 is 6.03 Å². The molecule has 25 heavy (non-hydrogen) atoms. The van der Waals surface area contributed by atoms with Crippen LogP contribution in [0.5, 0.6) is 5.75 Å². The quantitative estimate of drug-likeness (QED) is 0.607. The first-order chi connectivity index (χ1) is 12.1. The maximum absolute atomic E-state index is 11.9. The molecular weight excluding hydrogens is 320 g/mol. The van der Waals surface area contributed by atoms with E-state index >= 15 is 0 Å². The van der Waals surface area contributed by atoms with Gasteiger partial charge in [0.05, 0.1) is 19.7 Å². The van der Waals surface area contributed by atoms with E-state index in [0.29, 0.717) is 18.7 Å². The second-order valence-corrected chi connectivity index (χ2v) is 5.60. The Morgan fingerprint density at radius 2 is 1.68 bits per heavy atom. The van der Waals surface area contributed by atoms with Gasteiger partial charge in [-0.1, -0.05) is 48.5 Å². The van der Waals surface area contributed by atoms with E-state index in [1.54, 1.807) is 12.1 Å². The monoisotopic (exact) mass is 344 g/mol. The molecule has 1 atom stereocenters. The average molecular weight is 344 g/mol. The van der Waals surface area contributed by atoms with Gasteiger partial charge in [0.1, 0.15) is 18.0 Å². The predicted octanol–water partition coefficient (Wildman–Crippen LogP) is 1.90. The molecule has 2 rings (SSSR count). The largest absolute Gasteiger partial charge is 0.492 e. The molecule has 0 aromatic heterocycles. The Kier molecular flexibility index (Phi) is 7.25. The molecule has 0 fully saturated rings. The van der Waals surface area contributed by atoms with E-state index in [4.69, 9.17) is 9.47 Å². The van der Waals surface area contributed by atoms with Gasteiger partial charge in [-0.05, 0) is 17.7 Å². The maximum Gasteiger partial charge on any atom is 0.315 e. The zero-order valence-corrected chi connectivity index (χ0v) is 14.3. The summed E-state index contributed by atoms with van der Waals surface area (Å²) in [6.07, 6.45) is 0. The summed E-state index contributed by atoms with van der Waals surface area (Å²) >= 11 is 0. The fourth-order valence-corrected chi connectivity index (χ4v) is 2.36. The van der Waals surface area contributed by atoms with Crippen LogP contribution >= 0.6 is 0 Å². The summed E-state index contributed by atoms with van der Waals surface area (Å²) in [5.41, 5.74) is -0.599. The van der Waals surface area contributed by atoms with E-state index in [2.05, 4.69) is 10.6 Å². The molecule has 0 bridgehead atoms. The minimum atomic E-state index is -1.28. The first-order valence-corrected chi connectivity index (χ1v) is 8.10. The minimum Gasteiger partial charge on any atom is -0.492 e. The van der Waals surface area contributed by atoms with Crippen LogP contribution in [0.3, 0.4) is 0 Å². The predicted molar refractivity (Wildman–Crippen MR) is 95.6 cm³/mol. The van der Waals surface area contributed by atoms with Crippen molar-refractivity contribution >= 4 is 6.03 Å². The molecule has 2 aromatic carbocycles. The molecule has 0 radical (unpaired) electrons. The lowest BCUT2D eigenvalue weighted by atomic mass is 9.94.